The van der Waals surface area contributed by atoms with Crippen LogP contribution in [0.15, 0.2) is 55.0 Å². The second kappa shape index (κ2) is 12.5. The van der Waals surface area contributed by atoms with Gasteiger partial charge in [-0.2, -0.15) is 0 Å². The molecule has 39 heavy (non-hydrogen) atoms. The number of methoxy groups -OCH3 is 1. The van der Waals surface area contributed by atoms with Crippen molar-refractivity contribution in [3.8, 4) is 17.3 Å². The van der Waals surface area contributed by atoms with Crippen LogP contribution < -0.4 is 15.0 Å². The summed E-state index contributed by atoms with van der Waals surface area (Å²) >= 11 is 0. The number of ether oxygens (including phenoxy) is 2. The van der Waals surface area contributed by atoms with E-state index in [0.29, 0.717) is 24.9 Å². The molecule has 1 aliphatic heterocycles. The third-order valence-electron chi connectivity index (χ3n) is 6.73. The number of benzene rings is 1. The van der Waals surface area contributed by atoms with Crippen molar-refractivity contribution in [3.63, 3.8) is 0 Å². The summed E-state index contributed by atoms with van der Waals surface area (Å²) in [5, 5.41) is 2.58. The largest absolute Gasteiger partial charge is 0.481 e. The van der Waals surface area contributed by atoms with Gasteiger partial charge in [0.25, 0.3) is 0 Å². The normalized spacial score (nSPS) is 13.7. The van der Waals surface area contributed by atoms with Crippen LogP contribution >= 0.6 is 0 Å². The Labute approximate surface area is 227 Å². The van der Waals surface area contributed by atoms with E-state index in [1.54, 1.807) is 20.4 Å². The minimum Gasteiger partial charge on any atom is -0.481 e. The molecule has 0 aliphatic carbocycles. The molecule has 0 bridgehead atoms. The molecule has 1 N–H and O–H groups in total. The molecule has 10 heteroatoms. The molecular weight excluding hydrogens is 494 g/mol. The van der Waals surface area contributed by atoms with Gasteiger partial charge in [-0.25, -0.2) is 19.9 Å². The number of carbonyl (C=O) groups excluding carboxylic acids is 1. The number of hydrogen-bond donors (Lipinski definition) is 1. The Morgan fingerprint density at radius 2 is 1.90 bits per heavy atom. The number of likely N-dealkylation sites (N-methyl/N-ethyl adjacent to an activating group) is 1. The number of rotatable bonds is 10. The van der Waals surface area contributed by atoms with Gasteiger partial charge in [0.2, 0.25) is 11.8 Å². The smallest absolute Gasteiger partial charge is 0.243 e. The second-order valence-corrected chi connectivity index (χ2v) is 9.32. The van der Waals surface area contributed by atoms with Crippen LogP contribution in [0.4, 0.5) is 5.82 Å². The maximum atomic E-state index is 11.4. The topological polar surface area (TPSA) is 107 Å². The molecule has 0 atom stereocenters. The third-order valence-corrected chi connectivity index (χ3v) is 6.73. The van der Waals surface area contributed by atoms with Crippen LogP contribution in [0, 0.1) is 0 Å². The van der Waals surface area contributed by atoms with Gasteiger partial charge in [-0.15, -0.1) is 0 Å². The lowest BCUT2D eigenvalue weighted by molar-refractivity contribution is -0.115. The fraction of sp³-hybridized carbons (Fsp3) is 0.345. The van der Waals surface area contributed by atoms with Crippen LogP contribution in [0.25, 0.3) is 28.6 Å². The highest BCUT2D eigenvalue weighted by Crippen LogP contribution is 2.28. The van der Waals surface area contributed by atoms with E-state index in [-0.39, 0.29) is 5.91 Å². The van der Waals surface area contributed by atoms with Crippen LogP contribution in [0.2, 0.25) is 0 Å². The predicted octanol–water partition coefficient (Wildman–Crippen LogP) is 3.52. The summed E-state index contributed by atoms with van der Waals surface area (Å²) in [5.41, 5.74) is 4.74. The minimum atomic E-state index is -0.110. The Hall–Kier alpha value is -4.31. The molecule has 0 radical (unpaired) electrons. The van der Waals surface area contributed by atoms with Crippen LogP contribution in [-0.4, -0.2) is 70.9 Å². The Balaban J connectivity index is 1.30. The molecule has 1 saturated heterocycles. The highest BCUT2D eigenvalue weighted by Gasteiger charge is 2.21. The number of anilines is 1. The molecule has 1 aliphatic rings. The first-order chi connectivity index (χ1) is 19.1. The number of fused-ring (bicyclic) bond motifs is 1. The number of aromatic nitrogens is 5. The van der Waals surface area contributed by atoms with Crippen molar-refractivity contribution < 1.29 is 14.3 Å². The lowest BCUT2D eigenvalue weighted by Gasteiger charge is -2.28. The first-order valence-corrected chi connectivity index (χ1v) is 13.2. The van der Waals surface area contributed by atoms with Crippen molar-refractivity contribution in [2.75, 3.05) is 45.4 Å². The predicted molar refractivity (Wildman–Crippen MR) is 151 cm³/mol. The first kappa shape index (κ1) is 26.3. The Bertz CT molecular complexity index is 1430. The van der Waals surface area contributed by atoms with Gasteiger partial charge in [0.1, 0.15) is 0 Å². The zero-order chi connectivity index (χ0) is 27.0. The highest BCUT2D eigenvalue weighted by molar-refractivity contribution is 5.91. The number of nitrogens with zero attached hydrogens (tertiary/aromatic N) is 6. The van der Waals surface area contributed by atoms with Gasteiger partial charge in [-0.05, 0) is 42.5 Å². The van der Waals surface area contributed by atoms with Gasteiger partial charge in [-0.3, -0.25) is 4.79 Å². The van der Waals surface area contributed by atoms with Gasteiger partial charge in [0.05, 0.1) is 26.7 Å². The fourth-order valence-electron chi connectivity index (χ4n) is 4.51. The Kier molecular flexibility index (Phi) is 8.42. The van der Waals surface area contributed by atoms with E-state index in [1.165, 1.54) is 11.6 Å². The minimum absolute atomic E-state index is 0.110. The fourth-order valence-corrected chi connectivity index (χ4v) is 4.51. The molecule has 10 nitrogen and oxygen atoms in total. The summed E-state index contributed by atoms with van der Waals surface area (Å²) in [6.07, 6.45) is 9.95. The standard InChI is InChI=1S/C29H33N7O3/c1-30-24(37)12-10-22-8-6-21(7-9-22)5-3-4-14-36-20-32-26-28(35-15-17-39-18-16-35)33-27(34-29(26)36)23-11-13-25(38-2)31-19-23/h6-13,19-20H,3-5,14-18H2,1-2H3,(H,30,37)/b12-10+. The third kappa shape index (κ3) is 6.40. The molecule has 202 valence electrons. The maximum absolute atomic E-state index is 11.4. The monoisotopic (exact) mass is 527 g/mol. The first-order valence-electron chi connectivity index (χ1n) is 13.2. The second-order valence-electron chi connectivity index (χ2n) is 9.32. The van der Waals surface area contributed by atoms with E-state index in [9.17, 15) is 4.79 Å². The van der Waals surface area contributed by atoms with Gasteiger partial charge in [-0.1, -0.05) is 24.3 Å². The average Bonchev–Trinajstić information content (AvgIpc) is 3.41. The van der Waals surface area contributed by atoms with Crippen molar-refractivity contribution in [2.24, 2.45) is 0 Å². The molecule has 0 unspecified atom stereocenters. The maximum Gasteiger partial charge on any atom is 0.243 e. The summed E-state index contributed by atoms with van der Waals surface area (Å²) in [6, 6.07) is 12.1. The lowest BCUT2D eigenvalue weighted by atomic mass is 10.1. The molecule has 1 amide bonds. The van der Waals surface area contributed by atoms with E-state index in [2.05, 4.69) is 31.9 Å². The van der Waals surface area contributed by atoms with Crippen LogP contribution in [0.3, 0.4) is 0 Å². The van der Waals surface area contributed by atoms with E-state index in [0.717, 1.165) is 67.0 Å². The molecule has 1 fully saturated rings. The van der Waals surface area contributed by atoms with E-state index >= 15 is 0 Å². The molecule has 1 aromatic carbocycles. The quantitative estimate of drug-likeness (QED) is 0.247. The zero-order valence-corrected chi connectivity index (χ0v) is 22.3. The molecule has 5 rings (SSSR count). The molecule has 0 saturated carbocycles. The van der Waals surface area contributed by atoms with E-state index in [1.807, 2.05) is 36.7 Å². The van der Waals surface area contributed by atoms with Gasteiger partial charge < -0.3 is 24.3 Å². The van der Waals surface area contributed by atoms with E-state index < -0.39 is 0 Å². The highest BCUT2D eigenvalue weighted by atomic mass is 16.5. The Morgan fingerprint density at radius 1 is 1.08 bits per heavy atom. The van der Waals surface area contributed by atoms with Crippen molar-refractivity contribution in [2.45, 2.75) is 25.8 Å². The Morgan fingerprint density at radius 3 is 2.62 bits per heavy atom. The number of unbranched alkanes of at least 4 members (excludes halogenated alkanes) is 1. The molecule has 3 aromatic heterocycles. The number of hydrogen-bond acceptors (Lipinski definition) is 8. The number of nitrogens with one attached hydrogen (secondary N) is 1. The van der Waals surface area contributed by atoms with Gasteiger partial charge in [0, 0.05) is 50.6 Å². The number of amides is 1. The van der Waals surface area contributed by atoms with Crippen LogP contribution in [-0.2, 0) is 22.5 Å². The lowest BCUT2D eigenvalue weighted by Crippen LogP contribution is -2.37. The molecule has 4 heterocycles. The molecule has 0 spiro atoms. The van der Waals surface area contributed by atoms with Crippen molar-refractivity contribution in [1.82, 2.24) is 29.8 Å². The summed E-state index contributed by atoms with van der Waals surface area (Å²) in [4.78, 5) is 32.5. The number of morpholine rings is 1. The zero-order valence-electron chi connectivity index (χ0n) is 22.3. The van der Waals surface area contributed by atoms with E-state index in [4.69, 9.17) is 24.4 Å². The summed E-state index contributed by atoms with van der Waals surface area (Å²) < 4.78 is 12.9. The molecule has 4 aromatic rings. The van der Waals surface area contributed by atoms with Crippen molar-refractivity contribution in [1.29, 1.82) is 0 Å². The van der Waals surface area contributed by atoms with Crippen LogP contribution in [0.5, 0.6) is 5.88 Å². The summed E-state index contributed by atoms with van der Waals surface area (Å²) in [6.45, 7) is 3.66. The van der Waals surface area contributed by atoms with Crippen molar-refractivity contribution >= 4 is 29.0 Å². The summed E-state index contributed by atoms with van der Waals surface area (Å²) in [7, 11) is 3.22. The average molecular weight is 528 g/mol. The number of pyridine rings is 1. The van der Waals surface area contributed by atoms with Gasteiger partial charge >= 0.3 is 0 Å². The van der Waals surface area contributed by atoms with Gasteiger partial charge in [0.15, 0.2) is 22.8 Å². The number of aryl methyl sites for hydroxylation is 2. The van der Waals surface area contributed by atoms with Crippen molar-refractivity contribution in [3.05, 3.63) is 66.1 Å². The number of carbonyl (C=O) groups is 1. The number of imidazole rings is 1. The molecular formula is C29H33N7O3. The SMILES string of the molecule is CNC(=O)/C=C/c1ccc(CCCCn2cnc3c(N4CCOCC4)nc(-c4ccc(OC)nc4)nc32)cc1. The summed E-state index contributed by atoms with van der Waals surface area (Å²) in [5.74, 6) is 1.89. The van der Waals surface area contributed by atoms with Crippen LogP contribution in [0.1, 0.15) is 24.0 Å².